The van der Waals surface area contributed by atoms with E-state index in [0.29, 0.717) is 10.8 Å². The van der Waals surface area contributed by atoms with E-state index in [-0.39, 0.29) is 23.8 Å². The van der Waals surface area contributed by atoms with Crippen molar-refractivity contribution >= 4 is 56.9 Å². The highest BCUT2D eigenvalue weighted by Crippen LogP contribution is 2.28. The Kier molecular flexibility index (Phi) is 7.97. The van der Waals surface area contributed by atoms with Crippen LogP contribution in [0.3, 0.4) is 0 Å². The minimum absolute atomic E-state index is 0.0430. The highest BCUT2D eigenvalue weighted by Gasteiger charge is 2.32. The van der Waals surface area contributed by atoms with Crippen LogP contribution in [0.4, 0.5) is 0 Å². The van der Waals surface area contributed by atoms with Crippen LogP contribution in [-0.4, -0.2) is 26.7 Å². The van der Waals surface area contributed by atoms with Crippen molar-refractivity contribution in [3.05, 3.63) is 0 Å². The van der Waals surface area contributed by atoms with Crippen molar-refractivity contribution in [3.8, 4) is 0 Å². The number of rotatable bonds is 6. The summed E-state index contributed by atoms with van der Waals surface area (Å²) >= 11 is 4.31. The molecule has 1 saturated carbocycles. The number of carbonyl (C=O) groups excluding carboxylic acids is 2. The number of carbonyl (C=O) groups is 2. The first-order valence-electron chi connectivity index (χ1n) is 6.03. The number of alkyl halides is 2. The standard InChI is InChI=1S/C12H18I2O3/c13-7-3-6-11(17-12(16)8-14)9-4-1-2-5-10(9)15/h9,11H,1-8H2/t9-,11+/m1/s1. The van der Waals surface area contributed by atoms with E-state index < -0.39 is 0 Å². The maximum Gasteiger partial charge on any atom is 0.316 e. The van der Waals surface area contributed by atoms with Crippen molar-refractivity contribution in [1.29, 1.82) is 0 Å². The molecule has 0 aromatic carbocycles. The molecule has 0 saturated heterocycles. The van der Waals surface area contributed by atoms with E-state index in [2.05, 4.69) is 22.6 Å². The Labute approximate surface area is 130 Å². The zero-order valence-electron chi connectivity index (χ0n) is 9.79. The fraction of sp³-hybridized carbons (Fsp3) is 0.833. The largest absolute Gasteiger partial charge is 0.461 e. The fourth-order valence-corrected chi connectivity index (χ4v) is 2.84. The van der Waals surface area contributed by atoms with Crippen molar-refractivity contribution in [3.63, 3.8) is 0 Å². The molecule has 1 aliphatic rings. The zero-order valence-corrected chi connectivity index (χ0v) is 14.1. The predicted molar refractivity (Wildman–Crippen MR) is 83.9 cm³/mol. The summed E-state index contributed by atoms with van der Waals surface area (Å²) in [5, 5.41) is 0. The average Bonchev–Trinajstić information content (AvgIpc) is 2.35. The summed E-state index contributed by atoms with van der Waals surface area (Å²) in [4.78, 5) is 23.3. The van der Waals surface area contributed by atoms with Crippen LogP contribution in [0.25, 0.3) is 0 Å². The molecule has 0 heterocycles. The summed E-state index contributed by atoms with van der Waals surface area (Å²) in [5.41, 5.74) is 0. The van der Waals surface area contributed by atoms with Crippen LogP contribution in [0.1, 0.15) is 38.5 Å². The number of esters is 1. The van der Waals surface area contributed by atoms with E-state index >= 15 is 0 Å². The Morgan fingerprint density at radius 1 is 1.41 bits per heavy atom. The van der Waals surface area contributed by atoms with E-state index in [1.54, 1.807) is 0 Å². The molecule has 0 spiro atoms. The molecule has 5 heteroatoms. The van der Waals surface area contributed by atoms with Gasteiger partial charge in [-0.1, -0.05) is 51.6 Å². The van der Waals surface area contributed by atoms with Crippen molar-refractivity contribution < 1.29 is 14.3 Å². The molecule has 0 aromatic rings. The second kappa shape index (κ2) is 8.66. The molecule has 3 nitrogen and oxygen atoms in total. The van der Waals surface area contributed by atoms with Gasteiger partial charge in [-0.25, -0.2) is 0 Å². The second-order valence-electron chi connectivity index (χ2n) is 4.31. The quantitative estimate of drug-likeness (QED) is 0.345. The summed E-state index contributed by atoms with van der Waals surface area (Å²) < 4.78 is 6.84. The average molecular weight is 464 g/mol. The van der Waals surface area contributed by atoms with Crippen LogP contribution in [0, 0.1) is 5.92 Å². The minimum atomic E-state index is -0.192. The van der Waals surface area contributed by atoms with Gasteiger partial charge in [0.1, 0.15) is 11.9 Å². The first-order chi connectivity index (χ1) is 8.19. The lowest BCUT2D eigenvalue weighted by Crippen LogP contribution is -2.35. The Morgan fingerprint density at radius 3 is 2.76 bits per heavy atom. The minimum Gasteiger partial charge on any atom is -0.461 e. The molecule has 98 valence electrons. The van der Waals surface area contributed by atoms with Gasteiger partial charge < -0.3 is 4.74 Å². The van der Waals surface area contributed by atoms with Crippen LogP contribution >= 0.6 is 45.2 Å². The summed E-state index contributed by atoms with van der Waals surface area (Å²) in [5.74, 6) is 0.0528. The highest BCUT2D eigenvalue weighted by atomic mass is 127. The number of ketones is 1. The van der Waals surface area contributed by atoms with Gasteiger partial charge in [-0.3, -0.25) is 9.59 Å². The smallest absolute Gasteiger partial charge is 0.316 e. The van der Waals surface area contributed by atoms with Gasteiger partial charge in [-0.15, -0.1) is 0 Å². The van der Waals surface area contributed by atoms with Crippen LogP contribution in [0.5, 0.6) is 0 Å². The monoisotopic (exact) mass is 464 g/mol. The van der Waals surface area contributed by atoms with Gasteiger partial charge in [-0.05, 0) is 30.1 Å². The Bertz CT molecular complexity index is 268. The van der Waals surface area contributed by atoms with Gasteiger partial charge in [0.15, 0.2) is 0 Å². The molecule has 0 N–H and O–H groups in total. The normalized spacial score (nSPS) is 22.2. The lowest BCUT2D eigenvalue weighted by atomic mass is 9.82. The van der Waals surface area contributed by atoms with Gasteiger partial charge in [0.25, 0.3) is 0 Å². The topological polar surface area (TPSA) is 43.4 Å². The molecule has 2 atom stereocenters. The van der Waals surface area contributed by atoms with Crippen molar-refractivity contribution in [2.75, 3.05) is 8.86 Å². The lowest BCUT2D eigenvalue weighted by Gasteiger charge is -2.28. The molecule has 0 bridgehead atoms. The SMILES string of the molecule is O=C(CI)O[C@@H](CCCI)[C@@H]1CCCCC1=O. The molecule has 0 radical (unpaired) electrons. The van der Waals surface area contributed by atoms with E-state index in [1.165, 1.54) is 0 Å². The van der Waals surface area contributed by atoms with Crippen LogP contribution in [0.2, 0.25) is 0 Å². The van der Waals surface area contributed by atoms with Crippen molar-refractivity contribution in [1.82, 2.24) is 0 Å². The van der Waals surface area contributed by atoms with Gasteiger partial charge in [0.2, 0.25) is 0 Å². The Morgan fingerprint density at radius 2 is 2.18 bits per heavy atom. The third-order valence-corrected chi connectivity index (χ3v) is 4.45. The number of ether oxygens (including phenoxy) is 1. The summed E-state index contributed by atoms with van der Waals surface area (Å²) in [6, 6.07) is 0. The molecule has 0 unspecified atom stereocenters. The summed E-state index contributed by atoms with van der Waals surface area (Å²) in [7, 11) is 0. The molecule has 1 aliphatic carbocycles. The van der Waals surface area contributed by atoms with E-state index in [0.717, 1.165) is 36.5 Å². The first kappa shape index (κ1) is 15.7. The predicted octanol–water partition coefficient (Wildman–Crippen LogP) is 3.31. The highest BCUT2D eigenvalue weighted by molar-refractivity contribution is 14.1. The molecule has 0 aromatic heterocycles. The fourth-order valence-electron chi connectivity index (χ4n) is 2.22. The Hall–Kier alpha value is 0.600. The summed E-state index contributed by atoms with van der Waals surface area (Å²) in [6.07, 6.45) is 5.27. The van der Waals surface area contributed by atoms with Crippen LogP contribution in [-0.2, 0) is 14.3 Å². The molecule has 1 fully saturated rings. The molecule has 0 aliphatic heterocycles. The maximum absolute atomic E-state index is 11.9. The third-order valence-electron chi connectivity index (χ3n) is 3.06. The maximum atomic E-state index is 11.9. The van der Waals surface area contributed by atoms with Gasteiger partial charge in [-0.2, -0.15) is 0 Å². The van der Waals surface area contributed by atoms with Crippen LogP contribution < -0.4 is 0 Å². The number of Topliss-reactive ketones (excluding diaryl/α,β-unsaturated/α-hetero) is 1. The van der Waals surface area contributed by atoms with E-state index in [9.17, 15) is 9.59 Å². The number of hydrogen-bond acceptors (Lipinski definition) is 3. The van der Waals surface area contributed by atoms with Gasteiger partial charge in [0.05, 0.1) is 10.3 Å². The van der Waals surface area contributed by atoms with E-state index in [4.69, 9.17) is 4.74 Å². The molecular formula is C12H18I2O3. The second-order valence-corrected chi connectivity index (χ2v) is 6.15. The number of halogens is 2. The van der Waals surface area contributed by atoms with E-state index in [1.807, 2.05) is 22.6 Å². The lowest BCUT2D eigenvalue weighted by molar-refractivity contribution is -0.151. The molecule has 17 heavy (non-hydrogen) atoms. The van der Waals surface area contributed by atoms with Crippen molar-refractivity contribution in [2.24, 2.45) is 5.92 Å². The summed E-state index contributed by atoms with van der Waals surface area (Å²) in [6.45, 7) is 0. The Balaban J connectivity index is 2.59. The van der Waals surface area contributed by atoms with Crippen LogP contribution in [0.15, 0.2) is 0 Å². The number of hydrogen-bond donors (Lipinski definition) is 0. The molecular weight excluding hydrogens is 446 g/mol. The van der Waals surface area contributed by atoms with Gasteiger partial charge >= 0.3 is 5.97 Å². The first-order valence-corrected chi connectivity index (χ1v) is 9.08. The molecule has 1 rings (SSSR count). The van der Waals surface area contributed by atoms with Crippen molar-refractivity contribution in [2.45, 2.75) is 44.6 Å². The zero-order chi connectivity index (χ0) is 12.7. The van der Waals surface area contributed by atoms with Gasteiger partial charge in [0, 0.05) is 6.42 Å². The molecule has 0 amide bonds. The third kappa shape index (κ3) is 5.40.